The van der Waals surface area contributed by atoms with Crippen molar-refractivity contribution in [3.63, 3.8) is 0 Å². The largest absolute Gasteiger partial charge is 0.507 e. The molecule has 0 unspecified atom stereocenters. The van der Waals surface area contributed by atoms with Gasteiger partial charge in [-0.15, -0.1) is 6.58 Å². The van der Waals surface area contributed by atoms with E-state index in [1.54, 1.807) is 12.1 Å². The Hall–Kier alpha value is -3.84. The second-order valence-corrected chi connectivity index (χ2v) is 8.83. The van der Waals surface area contributed by atoms with E-state index in [-0.39, 0.29) is 17.4 Å². The second-order valence-electron chi connectivity index (χ2n) is 7.88. The van der Waals surface area contributed by atoms with Crippen molar-refractivity contribution in [1.82, 2.24) is 15.0 Å². The SMILES string of the molecule is C=CCc1cccc(C=NNC(=O)CSc2nc3ccccc3n2Cc2ccc(C)cc2)c1O. The first-order chi connectivity index (χ1) is 16.5. The highest BCUT2D eigenvalue weighted by atomic mass is 32.2. The van der Waals surface area contributed by atoms with E-state index >= 15 is 0 Å². The maximum Gasteiger partial charge on any atom is 0.250 e. The number of amides is 1. The highest BCUT2D eigenvalue weighted by Crippen LogP contribution is 2.25. The maximum atomic E-state index is 12.4. The van der Waals surface area contributed by atoms with Crippen molar-refractivity contribution in [3.05, 3.63) is 102 Å². The Morgan fingerprint density at radius 1 is 1.15 bits per heavy atom. The number of rotatable bonds is 9. The number of phenols is 1. The van der Waals surface area contributed by atoms with Gasteiger partial charge in [-0.2, -0.15) is 5.10 Å². The molecule has 4 aromatic rings. The summed E-state index contributed by atoms with van der Waals surface area (Å²) in [7, 11) is 0. The number of para-hydroxylation sites is 3. The van der Waals surface area contributed by atoms with Gasteiger partial charge in [-0.3, -0.25) is 4.79 Å². The van der Waals surface area contributed by atoms with Gasteiger partial charge in [-0.25, -0.2) is 10.4 Å². The van der Waals surface area contributed by atoms with Gasteiger partial charge in [-0.05, 0) is 42.7 Å². The van der Waals surface area contributed by atoms with Crippen LogP contribution in [-0.2, 0) is 17.8 Å². The molecular formula is C27H26N4O2S. The number of aromatic hydroxyl groups is 1. The third-order valence-corrected chi connectivity index (χ3v) is 6.30. The Kier molecular flexibility index (Phi) is 7.44. The lowest BCUT2D eigenvalue weighted by molar-refractivity contribution is -0.118. The zero-order valence-corrected chi connectivity index (χ0v) is 19.8. The molecule has 34 heavy (non-hydrogen) atoms. The first kappa shape index (κ1) is 23.3. The molecule has 0 bridgehead atoms. The molecule has 0 aliphatic carbocycles. The fourth-order valence-electron chi connectivity index (χ4n) is 3.56. The number of nitrogens with one attached hydrogen (secondary N) is 1. The molecule has 0 atom stereocenters. The summed E-state index contributed by atoms with van der Waals surface area (Å²) in [5.41, 5.74) is 8.13. The van der Waals surface area contributed by atoms with Crippen molar-refractivity contribution in [2.75, 3.05) is 5.75 Å². The summed E-state index contributed by atoms with van der Waals surface area (Å²) in [5.74, 6) is 0.0494. The molecule has 2 N–H and O–H groups in total. The summed E-state index contributed by atoms with van der Waals surface area (Å²) < 4.78 is 2.13. The summed E-state index contributed by atoms with van der Waals surface area (Å²) in [6.45, 7) is 6.43. The fraction of sp³-hybridized carbons (Fsp3) is 0.148. The lowest BCUT2D eigenvalue weighted by Crippen LogP contribution is -2.20. The van der Waals surface area contributed by atoms with Gasteiger partial charge in [0, 0.05) is 5.56 Å². The molecule has 172 valence electrons. The van der Waals surface area contributed by atoms with Crippen LogP contribution in [0.25, 0.3) is 11.0 Å². The van der Waals surface area contributed by atoms with Crippen LogP contribution in [0.1, 0.15) is 22.3 Å². The quantitative estimate of drug-likeness (QED) is 0.155. The van der Waals surface area contributed by atoms with E-state index in [1.165, 1.54) is 29.1 Å². The average Bonchev–Trinajstić information content (AvgIpc) is 3.19. The van der Waals surface area contributed by atoms with Gasteiger partial charge in [0.1, 0.15) is 5.75 Å². The molecule has 0 aliphatic rings. The van der Waals surface area contributed by atoms with E-state index < -0.39 is 0 Å². The smallest absolute Gasteiger partial charge is 0.250 e. The standard InChI is InChI=1S/C27H26N4O2S/c1-3-7-21-8-6-9-22(26(21)33)16-28-30-25(32)18-34-27-29-23-10-4-5-11-24(23)31(27)17-20-14-12-19(2)13-15-20/h3-6,8-16,33H,1,7,17-18H2,2H3,(H,30,32). The van der Waals surface area contributed by atoms with E-state index in [0.717, 1.165) is 21.8 Å². The topological polar surface area (TPSA) is 79.5 Å². The van der Waals surface area contributed by atoms with Crippen molar-refractivity contribution in [3.8, 4) is 5.75 Å². The van der Waals surface area contributed by atoms with Crippen molar-refractivity contribution in [1.29, 1.82) is 0 Å². The molecule has 6 nitrogen and oxygen atoms in total. The number of nitrogens with zero attached hydrogens (tertiary/aromatic N) is 3. The molecule has 4 rings (SSSR count). The summed E-state index contributed by atoms with van der Waals surface area (Å²) in [4.78, 5) is 17.2. The van der Waals surface area contributed by atoms with Crippen molar-refractivity contribution >= 4 is 34.9 Å². The van der Waals surface area contributed by atoms with Crippen LogP contribution in [0.5, 0.6) is 5.75 Å². The lowest BCUT2D eigenvalue weighted by atomic mass is 10.1. The maximum absolute atomic E-state index is 12.4. The van der Waals surface area contributed by atoms with E-state index in [4.69, 9.17) is 4.98 Å². The zero-order valence-electron chi connectivity index (χ0n) is 18.9. The minimum atomic E-state index is -0.253. The number of thioether (sulfide) groups is 1. The summed E-state index contributed by atoms with van der Waals surface area (Å²) in [6, 6.07) is 21.8. The number of carbonyl (C=O) groups excluding carboxylic acids is 1. The average molecular weight is 471 g/mol. The summed E-state index contributed by atoms with van der Waals surface area (Å²) >= 11 is 1.37. The molecule has 0 fully saturated rings. The number of hydrogen-bond donors (Lipinski definition) is 2. The second kappa shape index (κ2) is 10.9. The molecule has 0 saturated heterocycles. The van der Waals surface area contributed by atoms with E-state index in [0.29, 0.717) is 18.5 Å². The molecular weight excluding hydrogens is 444 g/mol. The molecule has 0 radical (unpaired) electrons. The molecule has 1 amide bonds. The number of aromatic nitrogens is 2. The molecule has 3 aromatic carbocycles. The Morgan fingerprint density at radius 3 is 2.74 bits per heavy atom. The Morgan fingerprint density at radius 2 is 1.94 bits per heavy atom. The van der Waals surface area contributed by atoms with Crippen LogP contribution in [0.2, 0.25) is 0 Å². The van der Waals surface area contributed by atoms with Crippen molar-refractivity contribution in [2.24, 2.45) is 5.10 Å². The first-order valence-corrected chi connectivity index (χ1v) is 11.9. The van der Waals surface area contributed by atoms with Crippen LogP contribution in [0, 0.1) is 6.92 Å². The number of hydrazone groups is 1. The minimum Gasteiger partial charge on any atom is -0.507 e. The number of allylic oxidation sites excluding steroid dienone is 1. The van der Waals surface area contributed by atoms with Crippen LogP contribution in [0.3, 0.4) is 0 Å². The van der Waals surface area contributed by atoms with Crippen LogP contribution < -0.4 is 5.43 Å². The van der Waals surface area contributed by atoms with Crippen molar-refractivity contribution in [2.45, 2.75) is 25.0 Å². The number of imidazole rings is 1. The Bertz CT molecular complexity index is 1340. The Balaban J connectivity index is 1.43. The highest BCUT2D eigenvalue weighted by molar-refractivity contribution is 7.99. The van der Waals surface area contributed by atoms with Gasteiger partial charge in [-0.1, -0.05) is 71.9 Å². The van der Waals surface area contributed by atoms with E-state index in [2.05, 4.69) is 52.9 Å². The number of hydrogen-bond acceptors (Lipinski definition) is 5. The van der Waals surface area contributed by atoms with E-state index in [1.807, 2.05) is 36.4 Å². The summed E-state index contributed by atoms with van der Waals surface area (Å²) in [6.07, 6.45) is 3.72. The molecule has 7 heteroatoms. The highest BCUT2D eigenvalue weighted by Gasteiger charge is 2.13. The minimum absolute atomic E-state index is 0.139. The number of phenolic OH excluding ortho intramolecular Hbond substituents is 1. The van der Waals surface area contributed by atoms with Crippen molar-refractivity contribution < 1.29 is 9.90 Å². The van der Waals surface area contributed by atoms with Gasteiger partial charge < -0.3 is 9.67 Å². The van der Waals surface area contributed by atoms with Gasteiger partial charge in [0.2, 0.25) is 0 Å². The van der Waals surface area contributed by atoms with Crippen LogP contribution in [0.15, 0.2) is 89.6 Å². The fourth-order valence-corrected chi connectivity index (χ4v) is 4.37. The lowest BCUT2D eigenvalue weighted by Gasteiger charge is -2.09. The van der Waals surface area contributed by atoms with Gasteiger partial charge >= 0.3 is 0 Å². The first-order valence-electron chi connectivity index (χ1n) is 10.9. The Labute approximate surface area is 203 Å². The molecule has 0 spiro atoms. The zero-order chi connectivity index (χ0) is 23.9. The molecule has 0 aliphatic heterocycles. The molecule has 0 saturated carbocycles. The number of aryl methyl sites for hydroxylation is 1. The predicted octanol–water partition coefficient (Wildman–Crippen LogP) is 5.07. The monoisotopic (exact) mass is 470 g/mol. The van der Waals surface area contributed by atoms with Crippen LogP contribution in [0.4, 0.5) is 0 Å². The van der Waals surface area contributed by atoms with E-state index in [9.17, 15) is 9.90 Å². The molecule has 1 aromatic heterocycles. The normalized spacial score (nSPS) is 11.2. The molecule has 1 heterocycles. The van der Waals surface area contributed by atoms with Crippen LogP contribution >= 0.6 is 11.8 Å². The number of carbonyl (C=O) groups is 1. The third kappa shape index (κ3) is 5.55. The van der Waals surface area contributed by atoms with Gasteiger partial charge in [0.25, 0.3) is 5.91 Å². The van der Waals surface area contributed by atoms with Gasteiger partial charge in [0.05, 0.1) is 29.5 Å². The number of fused-ring (bicyclic) bond motifs is 1. The predicted molar refractivity (Wildman–Crippen MR) is 138 cm³/mol. The van der Waals surface area contributed by atoms with Gasteiger partial charge in [0.15, 0.2) is 5.16 Å². The summed E-state index contributed by atoms with van der Waals surface area (Å²) in [5, 5.41) is 15.1. The van der Waals surface area contributed by atoms with Crippen LogP contribution in [-0.4, -0.2) is 32.5 Å². The number of benzene rings is 3. The third-order valence-electron chi connectivity index (χ3n) is 5.32.